The third-order valence-corrected chi connectivity index (χ3v) is 13.5. The van der Waals surface area contributed by atoms with Crippen LogP contribution < -0.4 is 0 Å². The molecule has 322 valence electrons. The molecule has 0 spiro atoms. The number of nitrogens with zero attached hydrogens (tertiary/aromatic N) is 4. The zero-order valence-electron chi connectivity index (χ0n) is 37.0. The predicted octanol–water partition coefficient (Wildman–Crippen LogP) is 16.8. The first-order valence-corrected chi connectivity index (χ1v) is 23.2. The molecule has 4 aromatic heterocycles. The van der Waals surface area contributed by atoms with Crippen LogP contribution in [-0.2, 0) is 0 Å². The van der Waals surface area contributed by atoms with Crippen molar-refractivity contribution in [2.45, 2.75) is 0 Å². The highest BCUT2D eigenvalue weighted by Gasteiger charge is 2.24. The smallest absolute Gasteiger partial charge is 0.167 e. The van der Waals surface area contributed by atoms with E-state index >= 15 is 0 Å². The van der Waals surface area contributed by atoms with Gasteiger partial charge in [0, 0.05) is 49.0 Å². The summed E-state index contributed by atoms with van der Waals surface area (Å²) in [4.78, 5) is 15.7. The van der Waals surface area contributed by atoms with Gasteiger partial charge in [-0.05, 0) is 82.4 Å². The lowest BCUT2D eigenvalue weighted by atomic mass is 9.96. The molecule has 0 N–H and O–H groups in total. The maximum Gasteiger partial charge on any atom is 0.167 e. The van der Waals surface area contributed by atoms with Crippen LogP contribution in [0.3, 0.4) is 0 Å². The molecule has 14 rings (SSSR count). The Morgan fingerprint density at radius 2 is 0.768 bits per heavy atom. The first-order valence-electron chi connectivity index (χ1n) is 23.2. The molecule has 0 bridgehead atoms. The molecular formula is C63H38N4O2. The van der Waals surface area contributed by atoms with E-state index in [4.69, 9.17) is 23.8 Å². The van der Waals surface area contributed by atoms with Crippen molar-refractivity contribution in [3.05, 3.63) is 231 Å². The molecule has 0 aliphatic rings. The van der Waals surface area contributed by atoms with E-state index in [1.807, 2.05) is 60.7 Å². The van der Waals surface area contributed by atoms with Crippen LogP contribution in [0.15, 0.2) is 239 Å². The van der Waals surface area contributed by atoms with Gasteiger partial charge in [-0.2, -0.15) is 0 Å². The van der Waals surface area contributed by atoms with Crippen molar-refractivity contribution < 1.29 is 8.83 Å². The first-order chi connectivity index (χ1) is 34.2. The minimum absolute atomic E-state index is 0.508. The van der Waals surface area contributed by atoms with Gasteiger partial charge < -0.3 is 13.4 Å². The van der Waals surface area contributed by atoms with Crippen molar-refractivity contribution in [3.8, 4) is 73.2 Å². The van der Waals surface area contributed by atoms with Gasteiger partial charge >= 0.3 is 0 Å². The number of rotatable bonds is 7. The van der Waals surface area contributed by atoms with E-state index in [0.29, 0.717) is 23.1 Å². The number of benzene rings is 10. The second-order valence-corrected chi connectivity index (χ2v) is 17.5. The number of hydrogen-bond donors (Lipinski definition) is 0. The van der Waals surface area contributed by atoms with Gasteiger partial charge in [0.15, 0.2) is 17.5 Å². The van der Waals surface area contributed by atoms with Crippen LogP contribution in [0.4, 0.5) is 0 Å². The average molecular weight is 883 g/mol. The maximum absolute atomic E-state index is 6.84. The van der Waals surface area contributed by atoms with Gasteiger partial charge in [-0.1, -0.05) is 176 Å². The van der Waals surface area contributed by atoms with Crippen molar-refractivity contribution in [1.29, 1.82) is 0 Å². The van der Waals surface area contributed by atoms with Crippen LogP contribution >= 0.6 is 0 Å². The quantitative estimate of drug-likeness (QED) is 0.159. The van der Waals surface area contributed by atoms with Crippen LogP contribution in [0.1, 0.15) is 0 Å². The standard InChI is InChI=1S/C63H38N4O2/c1-4-16-39(17-5-1)41-28-30-43(31-29-41)62-64-61(42-20-8-3-9-21-42)65-63(66-62)53-36-45(35-52-48-24-12-15-27-58(48)69-60(52)53)49-38-59-51(47-23-11-14-26-57(47)68-59)37-56(49)67-54-25-13-10-22-46(54)50-34-44(32-33-55(50)67)40-18-6-2-7-19-40/h1-38H. The number of para-hydroxylation sites is 3. The number of hydrogen-bond acceptors (Lipinski definition) is 5. The fraction of sp³-hybridized carbons (Fsp3) is 0. The zero-order valence-corrected chi connectivity index (χ0v) is 37.0. The Hall–Kier alpha value is -9.39. The van der Waals surface area contributed by atoms with Gasteiger partial charge in [0.1, 0.15) is 22.3 Å². The maximum atomic E-state index is 6.84. The Morgan fingerprint density at radius 3 is 1.48 bits per heavy atom. The van der Waals surface area contributed by atoms with Gasteiger partial charge in [0.2, 0.25) is 0 Å². The lowest BCUT2D eigenvalue weighted by molar-refractivity contribution is 0.669. The van der Waals surface area contributed by atoms with E-state index in [1.54, 1.807) is 0 Å². The Morgan fingerprint density at radius 1 is 0.275 bits per heavy atom. The lowest BCUT2D eigenvalue weighted by Gasteiger charge is -2.16. The molecule has 10 aromatic carbocycles. The van der Waals surface area contributed by atoms with E-state index < -0.39 is 0 Å². The summed E-state index contributed by atoms with van der Waals surface area (Å²) < 4.78 is 15.9. The third kappa shape index (κ3) is 6.45. The predicted molar refractivity (Wildman–Crippen MR) is 281 cm³/mol. The number of furan rings is 2. The summed E-state index contributed by atoms with van der Waals surface area (Å²) in [7, 11) is 0. The van der Waals surface area contributed by atoms with E-state index in [1.165, 1.54) is 21.9 Å². The van der Waals surface area contributed by atoms with Crippen LogP contribution in [0, 0.1) is 0 Å². The average Bonchev–Trinajstić information content (AvgIpc) is 4.10. The molecule has 0 radical (unpaired) electrons. The summed E-state index contributed by atoms with van der Waals surface area (Å²) in [6.45, 7) is 0. The monoisotopic (exact) mass is 882 g/mol. The Labute approximate surface area is 396 Å². The summed E-state index contributed by atoms with van der Waals surface area (Å²) in [6.07, 6.45) is 0. The molecular weight excluding hydrogens is 845 g/mol. The summed E-state index contributed by atoms with van der Waals surface area (Å²) in [5.41, 5.74) is 15.4. The molecule has 0 fully saturated rings. The Bertz CT molecular complexity index is 4290. The second kappa shape index (κ2) is 15.6. The van der Waals surface area contributed by atoms with Gasteiger partial charge in [-0.25, -0.2) is 15.0 Å². The van der Waals surface area contributed by atoms with E-state index in [9.17, 15) is 0 Å². The summed E-state index contributed by atoms with van der Waals surface area (Å²) >= 11 is 0. The minimum atomic E-state index is 0.508. The molecule has 0 amide bonds. The highest BCUT2D eigenvalue weighted by molar-refractivity contribution is 6.15. The van der Waals surface area contributed by atoms with E-state index in [2.05, 4.69) is 174 Å². The Kier molecular flexibility index (Phi) is 8.79. The van der Waals surface area contributed by atoms with Crippen LogP contribution in [0.5, 0.6) is 0 Å². The summed E-state index contributed by atoms with van der Waals surface area (Å²) in [5.74, 6) is 1.65. The topological polar surface area (TPSA) is 69.9 Å². The number of aromatic nitrogens is 4. The van der Waals surface area contributed by atoms with Crippen LogP contribution in [-0.4, -0.2) is 19.5 Å². The lowest BCUT2D eigenvalue weighted by Crippen LogP contribution is -2.01. The van der Waals surface area contributed by atoms with Gasteiger partial charge in [-0.15, -0.1) is 0 Å². The largest absolute Gasteiger partial charge is 0.456 e. The molecule has 0 atom stereocenters. The molecule has 6 heteroatoms. The number of fused-ring (bicyclic) bond motifs is 9. The zero-order chi connectivity index (χ0) is 45.4. The highest BCUT2D eigenvalue weighted by Crippen LogP contribution is 2.45. The van der Waals surface area contributed by atoms with Crippen LogP contribution in [0.25, 0.3) is 139 Å². The first kappa shape index (κ1) is 38.8. The molecule has 0 saturated carbocycles. The van der Waals surface area contributed by atoms with Gasteiger partial charge in [0.25, 0.3) is 0 Å². The molecule has 14 aromatic rings. The second-order valence-electron chi connectivity index (χ2n) is 17.5. The SMILES string of the molecule is c1ccc(-c2ccc(-c3nc(-c4ccccc4)nc(-c4cc(-c5cc6oc7ccccc7c6cc5-n5c6ccccc6c6cc(-c7ccccc7)ccc65)cc5c4oc4ccccc45)n3)cc2)cc1. The highest BCUT2D eigenvalue weighted by atomic mass is 16.3. The van der Waals surface area contributed by atoms with Crippen molar-refractivity contribution in [2.75, 3.05) is 0 Å². The fourth-order valence-electron chi connectivity index (χ4n) is 10.2. The van der Waals surface area contributed by atoms with Gasteiger partial charge in [-0.3, -0.25) is 0 Å². The van der Waals surface area contributed by atoms with E-state index in [0.717, 1.165) is 94.0 Å². The molecule has 69 heavy (non-hydrogen) atoms. The minimum Gasteiger partial charge on any atom is -0.456 e. The van der Waals surface area contributed by atoms with E-state index in [-0.39, 0.29) is 0 Å². The molecule has 6 nitrogen and oxygen atoms in total. The van der Waals surface area contributed by atoms with Crippen molar-refractivity contribution in [1.82, 2.24) is 19.5 Å². The molecule has 0 unspecified atom stereocenters. The van der Waals surface area contributed by atoms with Crippen molar-refractivity contribution >= 4 is 65.7 Å². The van der Waals surface area contributed by atoms with Crippen molar-refractivity contribution in [3.63, 3.8) is 0 Å². The molecule has 0 aliphatic heterocycles. The summed E-state index contributed by atoms with van der Waals surface area (Å²) in [5, 5.41) is 6.41. The van der Waals surface area contributed by atoms with Crippen molar-refractivity contribution in [2.24, 2.45) is 0 Å². The molecule has 0 saturated heterocycles. The van der Waals surface area contributed by atoms with Crippen LogP contribution in [0.2, 0.25) is 0 Å². The molecule has 4 heterocycles. The third-order valence-electron chi connectivity index (χ3n) is 13.5. The van der Waals surface area contributed by atoms with Gasteiger partial charge in [0.05, 0.1) is 22.3 Å². The fourth-order valence-corrected chi connectivity index (χ4v) is 10.2. The normalized spacial score (nSPS) is 11.8. The molecule has 0 aliphatic carbocycles. The Balaban J connectivity index is 1.05. The summed E-state index contributed by atoms with van der Waals surface area (Å²) in [6, 6.07) is 80.5.